The highest BCUT2D eigenvalue weighted by atomic mass is 32.2. The normalized spacial score (nSPS) is 13.7. The van der Waals surface area contributed by atoms with Gasteiger partial charge in [-0.1, -0.05) is 18.2 Å². The summed E-state index contributed by atoms with van der Waals surface area (Å²) in [6.07, 6.45) is 1.89. The van der Waals surface area contributed by atoms with Gasteiger partial charge in [0.1, 0.15) is 22.3 Å². The molecule has 0 saturated heterocycles. The van der Waals surface area contributed by atoms with Gasteiger partial charge in [0.25, 0.3) is 5.91 Å². The van der Waals surface area contributed by atoms with Crippen LogP contribution < -0.4 is 14.8 Å². The highest BCUT2D eigenvalue weighted by molar-refractivity contribution is 7.89. The van der Waals surface area contributed by atoms with Crippen LogP contribution in [0, 0.1) is 5.82 Å². The number of benzene rings is 3. The number of hydrogen-bond acceptors (Lipinski definition) is 5. The number of nitrogens with one attached hydrogen (secondary N) is 3. The number of rotatable bonds is 8. The van der Waals surface area contributed by atoms with Crippen molar-refractivity contribution in [2.75, 3.05) is 12.4 Å². The predicted molar refractivity (Wildman–Crippen MR) is 130 cm³/mol. The fraction of sp³-hybridized carbons (Fsp3) is 0.200. The maximum Gasteiger partial charge on any atom is 0.255 e. The minimum Gasteiger partial charge on any atom is -0.495 e. The molecule has 1 fully saturated rings. The fourth-order valence-corrected chi connectivity index (χ4v) is 5.26. The van der Waals surface area contributed by atoms with E-state index in [0.717, 1.165) is 12.8 Å². The summed E-state index contributed by atoms with van der Waals surface area (Å²) in [7, 11) is -2.44. The van der Waals surface area contributed by atoms with Crippen LogP contribution in [0.15, 0.2) is 65.6 Å². The van der Waals surface area contributed by atoms with Crippen molar-refractivity contribution in [1.82, 2.24) is 14.7 Å². The number of hydrogen-bond donors (Lipinski definition) is 3. The molecule has 1 aliphatic rings. The third-order valence-electron chi connectivity index (χ3n) is 5.72. The van der Waals surface area contributed by atoms with E-state index >= 15 is 0 Å². The molecule has 0 aliphatic heterocycles. The Labute approximate surface area is 201 Å². The van der Waals surface area contributed by atoms with Crippen molar-refractivity contribution in [2.24, 2.45) is 0 Å². The Morgan fingerprint density at radius 2 is 1.94 bits per heavy atom. The summed E-state index contributed by atoms with van der Waals surface area (Å²) in [6, 6.07) is 15.9. The van der Waals surface area contributed by atoms with Crippen molar-refractivity contribution >= 4 is 32.7 Å². The molecule has 5 rings (SSSR count). The van der Waals surface area contributed by atoms with Crippen molar-refractivity contribution in [3.63, 3.8) is 0 Å². The van der Waals surface area contributed by atoms with Gasteiger partial charge in [0.15, 0.2) is 0 Å². The number of carbonyl (C=O) groups is 1. The number of amides is 1. The SMILES string of the molecule is COc1ccc(C(=O)Nc2ccc3nc(Cc4ccccc4F)[nH]c3c2)cc1S(=O)(=O)NC1CC1. The van der Waals surface area contributed by atoms with Crippen LogP contribution in [0.3, 0.4) is 0 Å². The van der Waals surface area contributed by atoms with Gasteiger partial charge in [-0.25, -0.2) is 22.5 Å². The first kappa shape index (κ1) is 23.0. The van der Waals surface area contributed by atoms with Crippen LogP contribution >= 0.6 is 0 Å². The first-order valence-electron chi connectivity index (χ1n) is 11.1. The van der Waals surface area contributed by atoms with Gasteiger partial charge >= 0.3 is 0 Å². The average Bonchev–Trinajstić information content (AvgIpc) is 3.55. The van der Waals surface area contributed by atoms with Gasteiger partial charge in [-0.15, -0.1) is 0 Å². The highest BCUT2D eigenvalue weighted by Crippen LogP contribution is 2.29. The summed E-state index contributed by atoms with van der Waals surface area (Å²) in [4.78, 5) is 20.5. The summed E-state index contributed by atoms with van der Waals surface area (Å²) < 4.78 is 47.3. The Hall–Kier alpha value is -3.76. The Kier molecular flexibility index (Phi) is 6.00. The van der Waals surface area contributed by atoms with E-state index in [4.69, 9.17) is 4.74 Å². The van der Waals surface area contributed by atoms with Crippen molar-refractivity contribution in [3.05, 3.63) is 83.4 Å². The number of aromatic nitrogens is 2. The van der Waals surface area contributed by atoms with Gasteiger partial charge in [-0.2, -0.15) is 0 Å². The van der Waals surface area contributed by atoms with E-state index in [1.54, 1.807) is 36.4 Å². The smallest absolute Gasteiger partial charge is 0.255 e. The van der Waals surface area contributed by atoms with Crippen molar-refractivity contribution < 1.29 is 22.3 Å². The summed E-state index contributed by atoms with van der Waals surface area (Å²) >= 11 is 0. The zero-order valence-electron chi connectivity index (χ0n) is 18.8. The molecule has 1 amide bonds. The molecule has 0 radical (unpaired) electrons. The molecular formula is C25H23FN4O4S. The second-order valence-electron chi connectivity index (χ2n) is 8.40. The molecule has 10 heteroatoms. The van der Waals surface area contributed by atoms with Gasteiger partial charge in [-0.3, -0.25) is 4.79 Å². The van der Waals surface area contributed by atoms with E-state index in [0.29, 0.717) is 34.5 Å². The minimum atomic E-state index is -3.82. The van der Waals surface area contributed by atoms with Crippen molar-refractivity contribution in [2.45, 2.75) is 30.2 Å². The summed E-state index contributed by atoms with van der Waals surface area (Å²) in [6.45, 7) is 0. The number of carbonyl (C=O) groups excluding carboxylic acids is 1. The Balaban J connectivity index is 1.36. The Bertz CT molecular complexity index is 1530. The molecule has 1 aliphatic carbocycles. The van der Waals surface area contributed by atoms with Gasteiger partial charge in [0, 0.05) is 23.7 Å². The zero-order chi connectivity index (χ0) is 24.6. The number of halogens is 1. The third kappa shape index (κ3) is 5.03. The lowest BCUT2D eigenvalue weighted by atomic mass is 10.1. The predicted octanol–water partition coefficient (Wildman–Crippen LogP) is 3.99. The molecule has 8 nitrogen and oxygen atoms in total. The number of aromatic amines is 1. The molecule has 3 N–H and O–H groups in total. The van der Waals surface area contributed by atoms with Crippen molar-refractivity contribution in [3.8, 4) is 5.75 Å². The van der Waals surface area contributed by atoms with Crippen LogP contribution in [0.25, 0.3) is 11.0 Å². The molecular weight excluding hydrogens is 471 g/mol. The lowest BCUT2D eigenvalue weighted by Crippen LogP contribution is -2.26. The molecule has 0 unspecified atom stereocenters. The first-order chi connectivity index (χ1) is 16.8. The van der Waals surface area contributed by atoms with Gasteiger partial charge in [-0.05, 0) is 60.9 Å². The number of fused-ring (bicyclic) bond motifs is 1. The highest BCUT2D eigenvalue weighted by Gasteiger charge is 2.30. The molecule has 1 heterocycles. The summed E-state index contributed by atoms with van der Waals surface area (Å²) in [5.74, 6) is -0.00668. The number of H-pyrrole nitrogens is 1. The molecule has 1 aromatic heterocycles. The average molecular weight is 495 g/mol. The third-order valence-corrected chi connectivity index (χ3v) is 7.26. The molecule has 180 valence electrons. The zero-order valence-corrected chi connectivity index (χ0v) is 19.7. The molecule has 3 aromatic carbocycles. The number of imidazole rings is 1. The number of anilines is 1. The van der Waals surface area contributed by atoms with E-state index in [2.05, 4.69) is 20.0 Å². The topological polar surface area (TPSA) is 113 Å². The van der Waals surface area contributed by atoms with Gasteiger partial charge in [0.05, 0.1) is 18.1 Å². The molecule has 4 aromatic rings. The van der Waals surface area contributed by atoms with Gasteiger partial charge < -0.3 is 15.0 Å². The number of nitrogens with zero attached hydrogens (tertiary/aromatic N) is 1. The monoisotopic (exact) mass is 494 g/mol. The number of ether oxygens (including phenoxy) is 1. The van der Waals surface area contributed by atoms with Gasteiger partial charge in [0.2, 0.25) is 10.0 Å². The molecule has 0 atom stereocenters. The van der Waals surface area contributed by atoms with E-state index in [1.165, 1.54) is 31.4 Å². The second-order valence-corrected chi connectivity index (χ2v) is 10.1. The standard InChI is InChI=1S/C25H23FN4O4S/c1-34-22-11-6-16(12-23(22)35(32,33)30-17-7-8-17)25(31)27-18-9-10-20-21(14-18)29-24(28-20)13-15-4-2-3-5-19(15)26/h2-6,9-12,14,17,30H,7-8,13H2,1H3,(H,27,31)(H,28,29). The van der Waals surface area contributed by atoms with E-state index in [9.17, 15) is 17.6 Å². The van der Waals surface area contributed by atoms with Crippen LogP contribution in [-0.2, 0) is 16.4 Å². The van der Waals surface area contributed by atoms with E-state index in [1.807, 2.05) is 0 Å². The van der Waals surface area contributed by atoms with Crippen LogP contribution in [0.1, 0.15) is 34.6 Å². The lowest BCUT2D eigenvalue weighted by molar-refractivity contribution is 0.102. The molecule has 0 bridgehead atoms. The number of methoxy groups -OCH3 is 1. The van der Waals surface area contributed by atoms with Crippen LogP contribution in [-0.4, -0.2) is 37.4 Å². The lowest BCUT2D eigenvalue weighted by Gasteiger charge is -2.12. The second kappa shape index (κ2) is 9.12. The largest absolute Gasteiger partial charge is 0.495 e. The Morgan fingerprint density at radius 1 is 1.14 bits per heavy atom. The maximum atomic E-state index is 14.0. The van der Waals surface area contributed by atoms with E-state index < -0.39 is 15.9 Å². The maximum absolute atomic E-state index is 14.0. The summed E-state index contributed by atoms with van der Waals surface area (Å²) in [5.41, 5.74) is 2.56. The Morgan fingerprint density at radius 3 is 2.69 bits per heavy atom. The molecule has 0 spiro atoms. The first-order valence-corrected chi connectivity index (χ1v) is 12.5. The van der Waals surface area contributed by atoms with E-state index in [-0.39, 0.29) is 28.1 Å². The minimum absolute atomic E-state index is 0.0772. The quantitative estimate of drug-likeness (QED) is 0.343. The number of sulfonamides is 1. The van der Waals surface area contributed by atoms with Crippen molar-refractivity contribution in [1.29, 1.82) is 0 Å². The van der Waals surface area contributed by atoms with Crippen LogP contribution in [0.5, 0.6) is 5.75 Å². The van der Waals surface area contributed by atoms with Crippen LogP contribution in [0.4, 0.5) is 10.1 Å². The molecule has 35 heavy (non-hydrogen) atoms. The summed E-state index contributed by atoms with van der Waals surface area (Å²) in [5, 5.41) is 2.78. The molecule has 1 saturated carbocycles. The van der Waals surface area contributed by atoms with Crippen LogP contribution in [0.2, 0.25) is 0 Å². The fourth-order valence-electron chi connectivity index (χ4n) is 3.76.